The fourth-order valence-electron chi connectivity index (χ4n) is 5.11. The Balaban J connectivity index is 1.30. The number of unbranched alkanes of at least 4 members (excludes halogenated alkanes) is 14. The average molecular weight is 453 g/mol. The van der Waals surface area contributed by atoms with E-state index < -0.39 is 0 Å². The lowest BCUT2D eigenvalue weighted by Crippen LogP contribution is -2.26. The van der Waals surface area contributed by atoms with Crippen molar-refractivity contribution in [2.75, 3.05) is 13.2 Å². The molecule has 1 aliphatic carbocycles. The Kier molecular flexibility index (Phi) is 16.2. The summed E-state index contributed by atoms with van der Waals surface area (Å²) in [6.45, 7) is 3.19. The van der Waals surface area contributed by atoms with Crippen LogP contribution in [0.2, 0.25) is 0 Å². The molecule has 0 amide bonds. The lowest BCUT2D eigenvalue weighted by atomic mass is 9.89. The summed E-state index contributed by atoms with van der Waals surface area (Å²) in [4.78, 5) is 12.0. The Morgan fingerprint density at radius 1 is 0.750 bits per heavy atom. The number of esters is 1. The first-order chi connectivity index (χ1) is 15.8. The molecule has 2 fully saturated rings. The molecule has 0 aromatic carbocycles. The third-order valence-electron chi connectivity index (χ3n) is 7.22. The van der Waals surface area contributed by atoms with Crippen molar-refractivity contribution in [2.24, 2.45) is 5.92 Å². The lowest BCUT2D eigenvalue weighted by molar-refractivity contribution is -0.150. The molecule has 188 valence electrons. The highest BCUT2D eigenvalue weighted by atomic mass is 16.7. The van der Waals surface area contributed by atoms with Crippen molar-refractivity contribution in [1.82, 2.24) is 0 Å². The van der Waals surface area contributed by atoms with Crippen molar-refractivity contribution in [3.63, 3.8) is 0 Å². The van der Waals surface area contributed by atoms with Crippen LogP contribution in [-0.2, 0) is 19.0 Å². The van der Waals surface area contributed by atoms with Gasteiger partial charge in [0.25, 0.3) is 0 Å². The fraction of sp³-hybridized carbons (Fsp3) is 0.964. The van der Waals surface area contributed by atoms with Gasteiger partial charge < -0.3 is 14.2 Å². The van der Waals surface area contributed by atoms with E-state index in [9.17, 15) is 4.79 Å². The molecule has 1 aliphatic heterocycles. The highest BCUT2D eigenvalue weighted by Crippen LogP contribution is 2.31. The number of hydrogen-bond donors (Lipinski definition) is 0. The molecule has 0 bridgehead atoms. The second-order valence-corrected chi connectivity index (χ2v) is 10.2. The lowest BCUT2D eigenvalue weighted by Gasteiger charge is -2.26. The highest BCUT2D eigenvalue weighted by Gasteiger charge is 2.33. The van der Waals surface area contributed by atoms with Gasteiger partial charge in [-0.2, -0.15) is 0 Å². The van der Waals surface area contributed by atoms with Crippen molar-refractivity contribution >= 4 is 5.97 Å². The standard InChI is InChI=1S/C28H52O4/c1-2-3-4-5-6-7-8-9-10-11-12-13-14-15-19-22-27(29)30-23-26-24-31-28(32-26)25-20-17-16-18-21-25/h25-26,28H,2-24H2,1H3. The van der Waals surface area contributed by atoms with Crippen molar-refractivity contribution in [3.05, 3.63) is 0 Å². The third-order valence-corrected chi connectivity index (χ3v) is 7.22. The second-order valence-electron chi connectivity index (χ2n) is 10.2. The largest absolute Gasteiger partial charge is 0.463 e. The molecule has 1 saturated carbocycles. The SMILES string of the molecule is CCCCCCCCCCCCCCCCCC(=O)OCC1COC(C2CCCCC2)O1. The van der Waals surface area contributed by atoms with E-state index in [0.29, 0.717) is 25.6 Å². The average Bonchev–Trinajstić information content (AvgIpc) is 3.30. The van der Waals surface area contributed by atoms with Crippen LogP contribution in [0.15, 0.2) is 0 Å². The summed E-state index contributed by atoms with van der Waals surface area (Å²) in [5.41, 5.74) is 0. The van der Waals surface area contributed by atoms with Gasteiger partial charge in [0.15, 0.2) is 6.29 Å². The van der Waals surface area contributed by atoms with E-state index in [1.54, 1.807) is 0 Å². The predicted molar refractivity (Wildman–Crippen MR) is 132 cm³/mol. The molecule has 1 saturated heterocycles. The van der Waals surface area contributed by atoms with Gasteiger partial charge in [0, 0.05) is 12.3 Å². The molecular formula is C28H52O4. The Morgan fingerprint density at radius 3 is 1.84 bits per heavy atom. The molecule has 4 heteroatoms. The summed E-state index contributed by atoms with van der Waals surface area (Å²) >= 11 is 0. The number of ether oxygens (including phenoxy) is 3. The first-order valence-electron chi connectivity index (χ1n) is 14.2. The molecule has 0 aromatic rings. The van der Waals surface area contributed by atoms with E-state index in [4.69, 9.17) is 14.2 Å². The van der Waals surface area contributed by atoms with Crippen LogP contribution in [-0.4, -0.2) is 31.6 Å². The Hall–Kier alpha value is -0.610. The zero-order valence-electron chi connectivity index (χ0n) is 21.1. The molecular weight excluding hydrogens is 400 g/mol. The van der Waals surface area contributed by atoms with Crippen molar-refractivity contribution in [2.45, 2.75) is 154 Å². The summed E-state index contributed by atoms with van der Waals surface area (Å²) in [6.07, 6.45) is 26.8. The molecule has 1 heterocycles. The zero-order chi connectivity index (χ0) is 22.7. The van der Waals surface area contributed by atoms with E-state index in [1.807, 2.05) is 0 Å². The maximum atomic E-state index is 12.0. The van der Waals surface area contributed by atoms with Crippen LogP contribution in [0.4, 0.5) is 0 Å². The molecule has 2 rings (SSSR count). The van der Waals surface area contributed by atoms with Crippen molar-refractivity contribution in [1.29, 1.82) is 0 Å². The van der Waals surface area contributed by atoms with Gasteiger partial charge in [-0.05, 0) is 19.3 Å². The van der Waals surface area contributed by atoms with Crippen molar-refractivity contribution < 1.29 is 19.0 Å². The molecule has 32 heavy (non-hydrogen) atoms. The maximum absolute atomic E-state index is 12.0. The highest BCUT2D eigenvalue weighted by molar-refractivity contribution is 5.69. The van der Waals surface area contributed by atoms with Crippen LogP contribution in [0.3, 0.4) is 0 Å². The summed E-state index contributed by atoms with van der Waals surface area (Å²) in [5, 5.41) is 0. The minimum absolute atomic E-state index is 0.0745. The minimum Gasteiger partial charge on any atom is -0.463 e. The quantitative estimate of drug-likeness (QED) is 0.147. The summed E-state index contributed by atoms with van der Waals surface area (Å²) in [7, 11) is 0. The van der Waals surface area contributed by atoms with E-state index in [1.165, 1.54) is 116 Å². The van der Waals surface area contributed by atoms with Gasteiger partial charge in [-0.25, -0.2) is 0 Å². The minimum atomic E-state index is -0.0792. The zero-order valence-corrected chi connectivity index (χ0v) is 21.1. The van der Waals surface area contributed by atoms with Crippen LogP contribution in [0.5, 0.6) is 0 Å². The molecule has 0 spiro atoms. The van der Waals surface area contributed by atoms with E-state index in [2.05, 4.69) is 6.92 Å². The first-order valence-corrected chi connectivity index (χ1v) is 14.2. The number of rotatable bonds is 19. The molecule has 0 N–H and O–H groups in total. The van der Waals surface area contributed by atoms with Gasteiger partial charge in [0.1, 0.15) is 12.7 Å². The normalized spacial score (nSPS) is 21.8. The molecule has 4 nitrogen and oxygen atoms in total. The van der Waals surface area contributed by atoms with Crippen LogP contribution >= 0.6 is 0 Å². The monoisotopic (exact) mass is 452 g/mol. The van der Waals surface area contributed by atoms with E-state index >= 15 is 0 Å². The van der Waals surface area contributed by atoms with Gasteiger partial charge in [0.05, 0.1) is 6.61 Å². The maximum Gasteiger partial charge on any atom is 0.305 e. The molecule has 2 atom stereocenters. The summed E-state index contributed by atoms with van der Waals surface area (Å²) in [6, 6.07) is 0. The van der Waals surface area contributed by atoms with Crippen LogP contribution in [0.25, 0.3) is 0 Å². The van der Waals surface area contributed by atoms with Gasteiger partial charge in [-0.15, -0.1) is 0 Å². The smallest absolute Gasteiger partial charge is 0.305 e. The fourth-order valence-corrected chi connectivity index (χ4v) is 5.11. The Labute approximate surface area is 198 Å². The molecule has 0 radical (unpaired) electrons. The number of carbonyl (C=O) groups is 1. The molecule has 2 aliphatic rings. The topological polar surface area (TPSA) is 44.8 Å². The summed E-state index contributed by atoms with van der Waals surface area (Å²) in [5.74, 6) is 0.453. The van der Waals surface area contributed by atoms with Crippen LogP contribution in [0.1, 0.15) is 142 Å². The third kappa shape index (κ3) is 13.2. The van der Waals surface area contributed by atoms with Gasteiger partial charge in [-0.3, -0.25) is 4.79 Å². The summed E-state index contributed by atoms with van der Waals surface area (Å²) < 4.78 is 17.2. The van der Waals surface area contributed by atoms with E-state index in [-0.39, 0.29) is 18.4 Å². The Morgan fingerprint density at radius 2 is 1.28 bits per heavy atom. The number of hydrogen-bond acceptors (Lipinski definition) is 4. The molecule has 2 unspecified atom stereocenters. The predicted octanol–water partition coefficient (Wildman–Crippen LogP) is 8.11. The van der Waals surface area contributed by atoms with Gasteiger partial charge in [-0.1, -0.05) is 116 Å². The second kappa shape index (κ2) is 18.8. The first kappa shape index (κ1) is 27.6. The van der Waals surface area contributed by atoms with Gasteiger partial charge >= 0.3 is 5.97 Å². The molecule has 0 aromatic heterocycles. The van der Waals surface area contributed by atoms with Gasteiger partial charge in [0.2, 0.25) is 0 Å². The van der Waals surface area contributed by atoms with E-state index in [0.717, 1.165) is 12.8 Å². The van der Waals surface area contributed by atoms with Crippen molar-refractivity contribution in [3.8, 4) is 0 Å². The van der Waals surface area contributed by atoms with Crippen LogP contribution < -0.4 is 0 Å². The van der Waals surface area contributed by atoms with Crippen LogP contribution in [0, 0.1) is 5.92 Å². The Bertz CT molecular complexity index is 447. The number of carbonyl (C=O) groups excluding carboxylic acids is 1.